The van der Waals surface area contributed by atoms with E-state index in [1.807, 2.05) is 13.0 Å². The molecule has 104 valence electrons. The van der Waals surface area contributed by atoms with Gasteiger partial charge in [-0.3, -0.25) is 4.79 Å². The molecule has 2 aromatic rings. The number of hydrogen-bond acceptors (Lipinski definition) is 3. The summed E-state index contributed by atoms with van der Waals surface area (Å²) in [4.78, 5) is 11.1. The van der Waals surface area contributed by atoms with Crippen LogP contribution in [0.1, 0.15) is 12.5 Å². The first-order valence-electron chi connectivity index (χ1n) is 5.97. The van der Waals surface area contributed by atoms with E-state index in [1.165, 1.54) is 19.1 Å². The first-order chi connectivity index (χ1) is 9.47. The zero-order chi connectivity index (χ0) is 14.7. The molecule has 2 aromatic carbocycles. The van der Waals surface area contributed by atoms with Crippen molar-refractivity contribution in [3.63, 3.8) is 0 Å². The molecular formula is C15H13ClFNO2. The number of halogens is 2. The topological polar surface area (TPSA) is 38.3 Å². The summed E-state index contributed by atoms with van der Waals surface area (Å²) in [5.74, 6) is -0.595. The number of nitrogens with one attached hydrogen (secondary N) is 1. The average Bonchev–Trinajstić information content (AvgIpc) is 2.35. The van der Waals surface area contributed by atoms with Crippen molar-refractivity contribution >= 4 is 28.9 Å². The number of para-hydroxylation sites is 1. The van der Waals surface area contributed by atoms with Crippen LogP contribution in [0.15, 0.2) is 36.4 Å². The molecule has 0 saturated heterocycles. The van der Waals surface area contributed by atoms with Gasteiger partial charge in [0, 0.05) is 6.92 Å². The standard InChI is InChI=1S/C15H13ClFNO2/c1-9-6-7-13(14(8-9)20-10(2)19)18-15-11(16)4-3-5-12(15)17/h3-8,18H,1-2H3. The monoisotopic (exact) mass is 293 g/mol. The van der Waals surface area contributed by atoms with Crippen LogP contribution in [0.2, 0.25) is 5.02 Å². The number of aryl methyl sites for hydroxylation is 1. The molecule has 2 rings (SSSR count). The van der Waals surface area contributed by atoms with E-state index in [0.717, 1.165) is 5.56 Å². The van der Waals surface area contributed by atoms with E-state index >= 15 is 0 Å². The SMILES string of the molecule is CC(=O)Oc1cc(C)ccc1Nc1c(F)cccc1Cl. The zero-order valence-electron chi connectivity index (χ0n) is 11.0. The van der Waals surface area contributed by atoms with Gasteiger partial charge in [0.25, 0.3) is 0 Å². The van der Waals surface area contributed by atoms with Crippen molar-refractivity contribution in [3.8, 4) is 5.75 Å². The first-order valence-corrected chi connectivity index (χ1v) is 6.35. The lowest BCUT2D eigenvalue weighted by Crippen LogP contribution is -2.05. The summed E-state index contributed by atoms with van der Waals surface area (Å²) in [5.41, 5.74) is 1.54. The molecule has 0 aliphatic rings. The Balaban J connectivity index is 2.40. The molecule has 0 atom stereocenters. The van der Waals surface area contributed by atoms with Gasteiger partial charge in [0.15, 0.2) is 5.75 Å². The van der Waals surface area contributed by atoms with Crippen molar-refractivity contribution in [3.05, 3.63) is 52.8 Å². The van der Waals surface area contributed by atoms with Gasteiger partial charge in [0.2, 0.25) is 0 Å². The molecule has 0 aromatic heterocycles. The minimum absolute atomic E-state index is 0.145. The number of carbonyl (C=O) groups excluding carboxylic acids is 1. The van der Waals surface area contributed by atoms with Crippen molar-refractivity contribution in [2.45, 2.75) is 13.8 Å². The smallest absolute Gasteiger partial charge is 0.308 e. The van der Waals surface area contributed by atoms with Gasteiger partial charge in [-0.05, 0) is 36.8 Å². The van der Waals surface area contributed by atoms with E-state index in [2.05, 4.69) is 5.32 Å². The molecule has 0 saturated carbocycles. The Kier molecular flexibility index (Phi) is 4.25. The number of benzene rings is 2. The summed E-state index contributed by atoms with van der Waals surface area (Å²) in [5, 5.41) is 3.11. The van der Waals surface area contributed by atoms with Gasteiger partial charge in [-0.15, -0.1) is 0 Å². The number of anilines is 2. The maximum absolute atomic E-state index is 13.8. The summed E-state index contributed by atoms with van der Waals surface area (Å²) in [6, 6.07) is 9.62. The van der Waals surface area contributed by atoms with Crippen LogP contribution in [0.5, 0.6) is 5.75 Å². The van der Waals surface area contributed by atoms with Gasteiger partial charge in [0.05, 0.1) is 16.4 Å². The van der Waals surface area contributed by atoms with Gasteiger partial charge in [-0.2, -0.15) is 0 Å². The van der Waals surface area contributed by atoms with Gasteiger partial charge in [0.1, 0.15) is 5.82 Å². The Labute approximate surface area is 121 Å². The predicted molar refractivity (Wildman–Crippen MR) is 77.2 cm³/mol. The lowest BCUT2D eigenvalue weighted by molar-refractivity contribution is -0.131. The second-order valence-electron chi connectivity index (χ2n) is 4.31. The molecule has 0 spiro atoms. The van der Waals surface area contributed by atoms with Crippen LogP contribution >= 0.6 is 11.6 Å². The van der Waals surface area contributed by atoms with Crippen LogP contribution in [0.25, 0.3) is 0 Å². The minimum Gasteiger partial charge on any atom is -0.424 e. The van der Waals surface area contributed by atoms with Crippen LogP contribution in [0.3, 0.4) is 0 Å². The molecule has 0 radical (unpaired) electrons. The van der Waals surface area contributed by atoms with Crippen molar-refractivity contribution in [2.24, 2.45) is 0 Å². The predicted octanol–water partition coefficient (Wildman–Crippen LogP) is 4.46. The highest BCUT2D eigenvalue weighted by Gasteiger charge is 2.11. The number of rotatable bonds is 3. The Hall–Kier alpha value is -2.07. The van der Waals surface area contributed by atoms with Crippen LogP contribution in [0, 0.1) is 12.7 Å². The summed E-state index contributed by atoms with van der Waals surface area (Å²) in [6.07, 6.45) is 0. The fourth-order valence-corrected chi connectivity index (χ4v) is 1.93. The summed E-state index contributed by atoms with van der Waals surface area (Å²) in [6.45, 7) is 3.18. The van der Waals surface area contributed by atoms with Crippen LogP contribution < -0.4 is 10.1 Å². The summed E-state index contributed by atoms with van der Waals surface area (Å²) >= 11 is 5.96. The Morgan fingerprint density at radius 1 is 1.30 bits per heavy atom. The molecule has 3 nitrogen and oxygen atoms in total. The number of esters is 1. The van der Waals surface area contributed by atoms with Crippen molar-refractivity contribution in [1.29, 1.82) is 0 Å². The highest BCUT2D eigenvalue weighted by Crippen LogP contribution is 2.33. The fourth-order valence-electron chi connectivity index (χ4n) is 1.72. The summed E-state index contributed by atoms with van der Waals surface area (Å²) in [7, 11) is 0. The number of carbonyl (C=O) groups is 1. The molecule has 1 N–H and O–H groups in total. The normalized spacial score (nSPS) is 10.2. The maximum atomic E-state index is 13.8. The first kappa shape index (κ1) is 14.3. The van der Waals surface area contributed by atoms with E-state index in [4.69, 9.17) is 16.3 Å². The minimum atomic E-state index is -0.480. The Bertz CT molecular complexity index is 638. The molecule has 0 heterocycles. The molecule has 0 aliphatic carbocycles. The largest absolute Gasteiger partial charge is 0.424 e. The van der Waals surface area contributed by atoms with E-state index in [9.17, 15) is 9.18 Å². The van der Waals surface area contributed by atoms with Gasteiger partial charge in [-0.25, -0.2) is 4.39 Å². The third-order valence-electron chi connectivity index (χ3n) is 2.61. The quantitative estimate of drug-likeness (QED) is 0.671. The summed E-state index contributed by atoms with van der Waals surface area (Å²) < 4.78 is 18.9. The second-order valence-corrected chi connectivity index (χ2v) is 4.72. The van der Waals surface area contributed by atoms with Crippen molar-refractivity contribution in [1.82, 2.24) is 0 Å². The van der Waals surface area contributed by atoms with Gasteiger partial charge in [-0.1, -0.05) is 23.7 Å². The Morgan fingerprint density at radius 3 is 2.70 bits per heavy atom. The second kappa shape index (κ2) is 5.92. The van der Waals surface area contributed by atoms with Gasteiger partial charge >= 0.3 is 5.97 Å². The average molecular weight is 294 g/mol. The highest BCUT2D eigenvalue weighted by molar-refractivity contribution is 6.33. The maximum Gasteiger partial charge on any atom is 0.308 e. The molecular weight excluding hydrogens is 281 g/mol. The molecule has 0 aliphatic heterocycles. The molecule has 20 heavy (non-hydrogen) atoms. The molecule has 5 heteroatoms. The van der Waals surface area contributed by atoms with Crippen molar-refractivity contribution in [2.75, 3.05) is 5.32 Å². The van der Waals surface area contributed by atoms with Crippen molar-refractivity contribution < 1.29 is 13.9 Å². The van der Waals surface area contributed by atoms with E-state index in [1.54, 1.807) is 18.2 Å². The molecule has 0 bridgehead atoms. The lowest BCUT2D eigenvalue weighted by Gasteiger charge is -2.13. The van der Waals surface area contributed by atoms with E-state index < -0.39 is 11.8 Å². The molecule has 0 amide bonds. The molecule has 0 unspecified atom stereocenters. The third kappa shape index (κ3) is 3.27. The van der Waals surface area contributed by atoms with Crippen LogP contribution in [-0.2, 0) is 4.79 Å². The lowest BCUT2D eigenvalue weighted by atomic mass is 10.2. The number of hydrogen-bond donors (Lipinski definition) is 1. The zero-order valence-corrected chi connectivity index (χ0v) is 11.8. The highest BCUT2D eigenvalue weighted by atomic mass is 35.5. The Morgan fingerprint density at radius 2 is 2.05 bits per heavy atom. The van der Waals surface area contributed by atoms with E-state index in [0.29, 0.717) is 11.4 Å². The fraction of sp³-hybridized carbons (Fsp3) is 0.133. The van der Waals surface area contributed by atoms with Crippen LogP contribution in [-0.4, -0.2) is 5.97 Å². The third-order valence-corrected chi connectivity index (χ3v) is 2.93. The van der Waals surface area contributed by atoms with Gasteiger partial charge < -0.3 is 10.1 Å². The number of ether oxygens (including phenoxy) is 1. The van der Waals surface area contributed by atoms with Crippen LogP contribution in [0.4, 0.5) is 15.8 Å². The van der Waals surface area contributed by atoms with E-state index in [-0.39, 0.29) is 10.7 Å². The molecule has 0 fully saturated rings.